The van der Waals surface area contributed by atoms with Crippen LogP contribution >= 0.6 is 11.6 Å². The van der Waals surface area contributed by atoms with Crippen molar-refractivity contribution in [1.29, 1.82) is 0 Å². The Kier molecular flexibility index (Phi) is 4.88. The Morgan fingerprint density at radius 2 is 2.17 bits per heavy atom. The van der Waals surface area contributed by atoms with Gasteiger partial charge in [-0.15, -0.1) is 0 Å². The molecule has 0 aliphatic carbocycles. The number of aromatic nitrogens is 2. The highest BCUT2D eigenvalue weighted by molar-refractivity contribution is 6.32. The fourth-order valence-electron chi connectivity index (χ4n) is 3.59. The number of nitrogens with zero attached hydrogens (tertiary/aromatic N) is 3. The number of amides is 1. The van der Waals surface area contributed by atoms with E-state index in [-0.39, 0.29) is 12.0 Å². The highest BCUT2D eigenvalue weighted by Gasteiger charge is 2.24. The van der Waals surface area contributed by atoms with Gasteiger partial charge in [-0.2, -0.15) is 5.10 Å². The first-order valence-electron chi connectivity index (χ1n) is 9.74. The Bertz CT molecular complexity index is 1140. The summed E-state index contributed by atoms with van der Waals surface area (Å²) in [5.41, 5.74) is 4.29. The smallest absolute Gasteiger partial charge is 0.254 e. The van der Waals surface area contributed by atoms with Crippen LogP contribution in [0.5, 0.6) is 5.75 Å². The molecule has 1 amide bonds. The van der Waals surface area contributed by atoms with Gasteiger partial charge in [0.1, 0.15) is 11.9 Å². The number of hydrogen-bond donors (Lipinski definition) is 1. The topological polar surface area (TPSA) is 77.7 Å². The van der Waals surface area contributed by atoms with Crippen LogP contribution in [0.3, 0.4) is 0 Å². The van der Waals surface area contributed by atoms with Crippen LogP contribution in [-0.2, 0) is 11.3 Å². The van der Waals surface area contributed by atoms with E-state index in [1.807, 2.05) is 30.3 Å². The van der Waals surface area contributed by atoms with Crippen molar-refractivity contribution < 1.29 is 14.4 Å². The summed E-state index contributed by atoms with van der Waals surface area (Å²) in [4.78, 5) is 18.0. The average Bonchev–Trinajstić information content (AvgIpc) is 3.52. The third-order valence-corrected chi connectivity index (χ3v) is 5.51. The van der Waals surface area contributed by atoms with Crippen LogP contribution in [0.2, 0.25) is 5.02 Å². The molecular weight excluding hydrogens is 404 g/mol. The molecule has 0 saturated carbocycles. The van der Waals surface area contributed by atoms with E-state index in [1.165, 1.54) is 11.8 Å². The van der Waals surface area contributed by atoms with Crippen molar-refractivity contribution in [2.45, 2.75) is 18.9 Å². The minimum absolute atomic E-state index is 0.202. The maximum Gasteiger partial charge on any atom is 0.254 e. The number of oxime groups is 1. The molecule has 30 heavy (non-hydrogen) atoms. The number of ether oxygens (including phenoxy) is 1. The van der Waals surface area contributed by atoms with E-state index in [4.69, 9.17) is 21.2 Å². The minimum Gasteiger partial charge on any atom is -0.493 e. The van der Waals surface area contributed by atoms with Crippen LogP contribution in [0.15, 0.2) is 60.0 Å². The predicted octanol–water partition coefficient (Wildman–Crippen LogP) is 3.38. The van der Waals surface area contributed by atoms with Gasteiger partial charge < -0.3 is 14.9 Å². The Morgan fingerprint density at radius 1 is 1.27 bits per heavy atom. The predicted molar refractivity (Wildman–Crippen MR) is 113 cm³/mol. The second kappa shape index (κ2) is 7.84. The Hall–Kier alpha value is -3.32. The van der Waals surface area contributed by atoms with Crippen LogP contribution in [0.4, 0.5) is 0 Å². The second-order valence-electron chi connectivity index (χ2n) is 7.23. The van der Waals surface area contributed by atoms with Gasteiger partial charge in [-0.1, -0.05) is 28.9 Å². The molecule has 7 nitrogen and oxygen atoms in total. The molecule has 1 aromatic heterocycles. The maximum absolute atomic E-state index is 12.5. The van der Waals surface area contributed by atoms with Crippen LogP contribution < -0.4 is 10.1 Å². The van der Waals surface area contributed by atoms with E-state index in [2.05, 4.69) is 21.6 Å². The van der Waals surface area contributed by atoms with Crippen LogP contribution in [0.25, 0.3) is 5.69 Å². The third-order valence-electron chi connectivity index (χ3n) is 5.19. The molecule has 8 heteroatoms. The molecule has 5 rings (SSSR count). The van der Waals surface area contributed by atoms with Crippen LogP contribution in [0, 0.1) is 0 Å². The average molecular weight is 423 g/mol. The van der Waals surface area contributed by atoms with Gasteiger partial charge in [0, 0.05) is 19.0 Å². The molecule has 0 fully saturated rings. The zero-order chi connectivity index (χ0) is 20.5. The monoisotopic (exact) mass is 422 g/mol. The van der Waals surface area contributed by atoms with E-state index in [0.717, 1.165) is 35.7 Å². The lowest BCUT2D eigenvalue weighted by molar-refractivity contribution is 0.0753. The number of hydrogen-bond acceptors (Lipinski definition) is 5. The summed E-state index contributed by atoms with van der Waals surface area (Å²) in [5.74, 6) is 0.722. The highest BCUT2D eigenvalue weighted by Crippen LogP contribution is 2.28. The van der Waals surface area contributed by atoms with Crippen molar-refractivity contribution in [3.05, 3.63) is 76.6 Å². The number of para-hydroxylation sites is 1. The van der Waals surface area contributed by atoms with E-state index in [0.29, 0.717) is 23.6 Å². The molecule has 0 bridgehead atoms. The van der Waals surface area contributed by atoms with Gasteiger partial charge in [-0.05, 0) is 41.5 Å². The summed E-state index contributed by atoms with van der Waals surface area (Å²) in [6, 6.07) is 13.4. The van der Waals surface area contributed by atoms with Crippen LogP contribution in [-0.4, -0.2) is 40.7 Å². The highest BCUT2D eigenvalue weighted by atomic mass is 35.5. The molecular formula is C22H19ClN4O3. The van der Waals surface area contributed by atoms with Gasteiger partial charge >= 0.3 is 0 Å². The second-order valence-corrected chi connectivity index (χ2v) is 7.63. The van der Waals surface area contributed by atoms with E-state index >= 15 is 0 Å². The Morgan fingerprint density at radius 3 is 3.07 bits per heavy atom. The number of rotatable bonds is 5. The first-order chi connectivity index (χ1) is 14.7. The number of carbonyl (C=O) groups excluding carboxylic acids is 1. The summed E-state index contributed by atoms with van der Waals surface area (Å²) in [6.45, 7) is 1.08. The van der Waals surface area contributed by atoms with Gasteiger partial charge in [-0.25, -0.2) is 4.68 Å². The molecule has 3 aromatic rings. The number of nitrogens with one attached hydrogen (secondary N) is 1. The molecule has 2 aliphatic rings. The van der Waals surface area contributed by atoms with Crippen molar-refractivity contribution in [1.82, 2.24) is 15.1 Å². The SMILES string of the molecule is O=C(NC[C@H]1CC(c2ccc3c(c2)CCO3)=NO1)c1cnn(-c2ccccc2Cl)c1. The molecule has 0 radical (unpaired) electrons. The van der Waals surface area contributed by atoms with E-state index in [1.54, 1.807) is 16.9 Å². The molecule has 0 spiro atoms. The number of halogens is 1. The lowest BCUT2D eigenvalue weighted by Gasteiger charge is -2.09. The number of fused-ring (bicyclic) bond motifs is 1. The van der Waals surface area contributed by atoms with Gasteiger partial charge in [0.15, 0.2) is 0 Å². The van der Waals surface area contributed by atoms with Gasteiger partial charge in [0.05, 0.1) is 41.3 Å². The fourth-order valence-corrected chi connectivity index (χ4v) is 3.81. The van der Waals surface area contributed by atoms with Gasteiger partial charge in [0.25, 0.3) is 5.91 Å². The van der Waals surface area contributed by atoms with Crippen molar-refractivity contribution in [2.75, 3.05) is 13.2 Å². The third kappa shape index (κ3) is 3.64. The summed E-state index contributed by atoms with van der Waals surface area (Å²) in [5, 5.41) is 11.9. The molecule has 1 atom stereocenters. The van der Waals surface area contributed by atoms with Gasteiger partial charge in [0.2, 0.25) is 0 Å². The number of carbonyl (C=O) groups is 1. The molecule has 1 N–H and O–H groups in total. The van der Waals surface area contributed by atoms with Crippen molar-refractivity contribution in [3.63, 3.8) is 0 Å². The quantitative estimate of drug-likeness (QED) is 0.683. The minimum atomic E-state index is -0.222. The van der Waals surface area contributed by atoms with Gasteiger partial charge in [-0.3, -0.25) is 4.79 Å². The molecule has 0 saturated heterocycles. The zero-order valence-corrected chi connectivity index (χ0v) is 16.8. The fraction of sp³-hybridized carbons (Fsp3) is 0.227. The largest absolute Gasteiger partial charge is 0.493 e. The van der Waals surface area contributed by atoms with Crippen molar-refractivity contribution in [2.24, 2.45) is 5.16 Å². The summed E-state index contributed by atoms with van der Waals surface area (Å²) < 4.78 is 7.13. The lowest BCUT2D eigenvalue weighted by atomic mass is 10.0. The Balaban J connectivity index is 1.18. The standard InChI is InChI=1S/C22H19ClN4O3/c23-18-3-1-2-4-20(18)27-13-16(11-25-27)22(28)24-12-17-10-19(26-30-17)14-5-6-21-15(9-14)7-8-29-21/h1-6,9,11,13,17H,7-8,10,12H2,(H,24,28)/t17-/m1/s1. The van der Waals surface area contributed by atoms with Crippen molar-refractivity contribution in [3.8, 4) is 11.4 Å². The summed E-state index contributed by atoms with van der Waals surface area (Å²) in [6.07, 6.45) is 4.52. The maximum atomic E-state index is 12.5. The molecule has 152 valence electrons. The zero-order valence-electron chi connectivity index (χ0n) is 16.0. The first kappa shape index (κ1) is 18.7. The Labute approximate surface area is 178 Å². The summed E-state index contributed by atoms with van der Waals surface area (Å²) in [7, 11) is 0. The molecule has 2 aromatic carbocycles. The first-order valence-corrected chi connectivity index (χ1v) is 10.1. The molecule has 0 unspecified atom stereocenters. The normalized spacial score (nSPS) is 17.1. The summed E-state index contributed by atoms with van der Waals surface area (Å²) >= 11 is 6.19. The molecule has 2 aliphatic heterocycles. The lowest BCUT2D eigenvalue weighted by Crippen LogP contribution is -2.32. The van der Waals surface area contributed by atoms with E-state index in [9.17, 15) is 4.79 Å². The van der Waals surface area contributed by atoms with E-state index < -0.39 is 0 Å². The number of benzene rings is 2. The van der Waals surface area contributed by atoms with Crippen LogP contribution in [0.1, 0.15) is 27.9 Å². The van der Waals surface area contributed by atoms with Crippen molar-refractivity contribution >= 4 is 23.2 Å². The molecule has 3 heterocycles.